The second-order valence-corrected chi connectivity index (χ2v) is 5.14. The minimum absolute atomic E-state index is 0.0842. The number of benzene rings is 1. The van der Waals surface area contributed by atoms with Gasteiger partial charge < -0.3 is 10.4 Å². The Bertz CT molecular complexity index is 664. The van der Waals surface area contributed by atoms with Crippen LogP contribution in [0.1, 0.15) is 29.8 Å². The van der Waals surface area contributed by atoms with Crippen molar-refractivity contribution in [1.29, 1.82) is 0 Å². The number of aliphatic carboxylic acids is 1. The second-order valence-electron chi connectivity index (χ2n) is 5.14. The zero-order valence-electron chi connectivity index (χ0n) is 10.8. The van der Waals surface area contributed by atoms with Gasteiger partial charge in [-0.3, -0.25) is 14.7 Å². The average Bonchev–Trinajstić information content (AvgIpc) is 3.04. The molecule has 6 heteroatoms. The summed E-state index contributed by atoms with van der Waals surface area (Å²) in [7, 11) is 0. The van der Waals surface area contributed by atoms with Crippen molar-refractivity contribution >= 4 is 22.8 Å². The number of nitrogens with one attached hydrogen (secondary N) is 2. The van der Waals surface area contributed by atoms with Crippen molar-refractivity contribution in [1.82, 2.24) is 15.5 Å². The van der Waals surface area contributed by atoms with Crippen LogP contribution in [-0.4, -0.2) is 33.2 Å². The molecule has 0 unspecified atom stereocenters. The molecule has 0 spiro atoms. The van der Waals surface area contributed by atoms with Crippen molar-refractivity contribution in [2.45, 2.75) is 25.3 Å². The predicted molar refractivity (Wildman–Crippen MR) is 72.3 cm³/mol. The highest BCUT2D eigenvalue weighted by Gasteiger charge is 2.31. The van der Waals surface area contributed by atoms with E-state index in [1.165, 1.54) is 0 Å². The lowest BCUT2D eigenvalue weighted by Gasteiger charge is -2.11. The maximum atomic E-state index is 12.2. The number of rotatable bonds is 3. The SMILES string of the molecule is O=C(N[C@H]1CC[C@@H](C(=O)O)C1)c1n[nH]c2ccccc12. The number of aromatic amines is 1. The Hall–Kier alpha value is -2.37. The normalized spacial score (nSPS) is 22.0. The van der Waals surface area contributed by atoms with E-state index in [2.05, 4.69) is 15.5 Å². The summed E-state index contributed by atoms with van der Waals surface area (Å²) in [6, 6.07) is 7.33. The van der Waals surface area contributed by atoms with Gasteiger partial charge >= 0.3 is 5.97 Å². The molecule has 104 valence electrons. The summed E-state index contributed by atoms with van der Waals surface area (Å²) < 4.78 is 0. The van der Waals surface area contributed by atoms with E-state index < -0.39 is 5.97 Å². The van der Waals surface area contributed by atoms with Crippen molar-refractivity contribution in [3.8, 4) is 0 Å². The van der Waals surface area contributed by atoms with E-state index in [0.29, 0.717) is 25.0 Å². The average molecular weight is 273 g/mol. The molecule has 1 aliphatic rings. The number of fused-ring (bicyclic) bond motifs is 1. The maximum absolute atomic E-state index is 12.2. The zero-order valence-corrected chi connectivity index (χ0v) is 10.8. The molecule has 0 saturated heterocycles. The summed E-state index contributed by atoms with van der Waals surface area (Å²) in [5.41, 5.74) is 1.17. The number of nitrogens with zero attached hydrogens (tertiary/aromatic N) is 1. The molecule has 1 fully saturated rings. The Morgan fingerprint density at radius 1 is 1.30 bits per heavy atom. The fourth-order valence-electron chi connectivity index (χ4n) is 2.73. The fraction of sp³-hybridized carbons (Fsp3) is 0.357. The summed E-state index contributed by atoms with van der Waals surface area (Å²) in [6.07, 6.45) is 1.80. The first-order valence-corrected chi connectivity index (χ1v) is 6.62. The second kappa shape index (κ2) is 4.96. The Morgan fingerprint density at radius 2 is 2.10 bits per heavy atom. The molecule has 2 atom stereocenters. The Morgan fingerprint density at radius 3 is 2.85 bits per heavy atom. The molecule has 1 heterocycles. The molecule has 1 amide bonds. The van der Waals surface area contributed by atoms with Crippen LogP contribution in [0.25, 0.3) is 10.9 Å². The smallest absolute Gasteiger partial charge is 0.306 e. The van der Waals surface area contributed by atoms with Gasteiger partial charge in [0.25, 0.3) is 5.91 Å². The summed E-state index contributed by atoms with van der Waals surface area (Å²) in [6.45, 7) is 0. The van der Waals surface area contributed by atoms with Crippen molar-refractivity contribution in [3.05, 3.63) is 30.0 Å². The maximum Gasteiger partial charge on any atom is 0.306 e. The number of carbonyl (C=O) groups excluding carboxylic acids is 1. The van der Waals surface area contributed by atoms with Gasteiger partial charge in [-0.15, -0.1) is 0 Å². The lowest BCUT2D eigenvalue weighted by Crippen LogP contribution is -2.33. The fourth-order valence-corrected chi connectivity index (χ4v) is 2.73. The quantitative estimate of drug-likeness (QED) is 0.790. The van der Waals surface area contributed by atoms with Gasteiger partial charge in [0, 0.05) is 11.4 Å². The number of amides is 1. The van der Waals surface area contributed by atoms with Gasteiger partial charge in [-0.25, -0.2) is 0 Å². The first-order valence-electron chi connectivity index (χ1n) is 6.62. The lowest BCUT2D eigenvalue weighted by atomic mass is 10.1. The van der Waals surface area contributed by atoms with Crippen LogP contribution in [0.15, 0.2) is 24.3 Å². The number of carboxylic acids is 1. The Labute approximate surface area is 115 Å². The Balaban J connectivity index is 1.73. The van der Waals surface area contributed by atoms with Crippen LogP contribution in [0.2, 0.25) is 0 Å². The van der Waals surface area contributed by atoms with Gasteiger partial charge in [0.05, 0.1) is 11.4 Å². The monoisotopic (exact) mass is 273 g/mol. The van der Waals surface area contributed by atoms with Gasteiger partial charge in [-0.2, -0.15) is 5.10 Å². The molecule has 1 aliphatic carbocycles. The van der Waals surface area contributed by atoms with Crippen molar-refractivity contribution in [2.75, 3.05) is 0 Å². The molecule has 1 saturated carbocycles. The first kappa shape index (κ1) is 12.7. The topological polar surface area (TPSA) is 95.1 Å². The van der Waals surface area contributed by atoms with E-state index in [1.54, 1.807) is 0 Å². The zero-order chi connectivity index (χ0) is 14.1. The summed E-state index contributed by atoms with van der Waals surface area (Å²) in [4.78, 5) is 23.1. The highest BCUT2D eigenvalue weighted by atomic mass is 16.4. The van der Waals surface area contributed by atoms with E-state index in [-0.39, 0.29) is 17.9 Å². The molecule has 3 rings (SSSR count). The van der Waals surface area contributed by atoms with Crippen molar-refractivity contribution < 1.29 is 14.7 Å². The third kappa shape index (κ3) is 2.24. The largest absolute Gasteiger partial charge is 0.481 e. The summed E-state index contributed by atoms with van der Waals surface area (Å²) in [5, 5.41) is 19.5. The molecule has 0 bridgehead atoms. The standard InChI is InChI=1S/C14H15N3O3/c18-13(15-9-6-5-8(7-9)14(19)20)12-10-3-1-2-4-11(10)16-17-12/h1-4,8-9H,5-7H2,(H,15,18)(H,16,17)(H,19,20)/t8-,9+/m1/s1. The number of para-hydroxylation sites is 1. The predicted octanol–water partition coefficient (Wildman–Crippen LogP) is 1.55. The van der Waals surface area contributed by atoms with Gasteiger partial charge in [-0.1, -0.05) is 18.2 Å². The van der Waals surface area contributed by atoms with Crippen molar-refractivity contribution in [2.24, 2.45) is 5.92 Å². The van der Waals surface area contributed by atoms with Crippen LogP contribution in [0.4, 0.5) is 0 Å². The molecule has 2 aromatic rings. The number of H-pyrrole nitrogens is 1. The van der Waals surface area contributed by atoms with Crippen LogP contribution in [0, 0.1) is 5.92 Å². The van der Waals surface area contributed by atoms with E-state index in [4.69, 9.17) is 5.11 Å². The highest BCUT2D eigenvalue weighted by Crippen LogP contribution is 2.26. The third-order valence-corrected chi connectivity index (χ3v) is 3.80. The molecule has 3 N–H and O–H groups in total. The van der Waals surface area contributed by atoms with Crippen LogP contribution in [0.5, 0.6) is 0 Å². The molecule has 0 aliphatic heterocycles. The summed E-state index contributed by atoms with van der Waals surface area (Å²) >= 11 is 0. The van der Waals surface area contributed by atoms with Crippen LogP contribution in [-0.2, 0) is 4.79 Å². The van der Waals surface area contributed by atoms with Gasteiger partial charge in [-0.05, 0) is 25.3 Å². The van der Waals surface area contributed by atoms with E-state index in [1.807, 2.05) is 24.3 Å². The lowest BCUT2D eigenvalue weighted by molar-refractivity contribution is -0.141. The van der Waals surface area contributed by atoms with E-state index in [0.717, 1.165) is 10.9 Å². The molecular formula is C14H15N3O3. The summed E-state index contributed by atoms with van der Waals surface area (Å²) in [5.74, 6) is -1.39. The molecule has 1 aromatic heterocycles. The van der Waals surface area contributed by atoms with Crippen molar-refractivity contribution in [3.63, 3.8) is 0 Å². The highest BCUT2D eigenvalue weighted by molar-refractivity contribution is 6.04. The van der Waals surface area contributed by atoms with Crippen LogP contribution >= 0.6 is 0 Å². The third-order valence-electron chi connectivity index (χ3n) is 3.80. The van der Waals surface area contributed by atoms with E-state index >= 15 is 0 Å². The molecule has 0 radical (unpaired) electrons. The van der Waals surface area contributed by atoms with Crippen LogP contribution < -0.4 is 5.32 Å². The van der Waals surface area contributed by atoms with Crippen LogP contribution in [0.3, 0.4) is 0 Å². The minimum Gasteiger partial charge on any atom is -0.481 e. The number of aromatic nitrogens is 2. The molecular weight excluding hydrogens is 258 g/mol. The number of carboxylic acid groups (broad SMARTS) is 1. The van der Waals surface area contributed by atoms with Gasteiger partial charge in [0.15, 0.2) is 5.69 Å². The Kier molecular flexibility index (Phi) is 3.14. The molecule has 1 aromatic carbocycles. The first-order chi connectivity index (χ1) is 9.65. The molecule has 6 nitrogen and oxygen atoms in total. The van der Waals surface area contributed by atoms with Gasteiger partial charge in [0.2, 0.25) is 0 Å². The number of hydrogen-bond acceptors (Lipinski definition) is 3. The minimum atomic E-state index is -0.785. The number of carbonyl (C=O) groups is 2. The van der Waals surface area contributed by atoms with E-state index in [9.17, 15) is 9.59 Å². The van der Waals surface area contributed by atoms with Gasteiger partial charge in [0.1, 0.15) is 0 Å². The molecule has 20 heavy (non-hydrogen) atoms. The number of hydrogen-bond donors (Lipinski definition) is 3.